The minimum atomic E-state index is -0.0289. The molecule has 26 heavy (non-hydrogen) atoms. The molecule has 0 saturated heterocycles. The van der Waals surface area contributed by atoms with E-state index in [1.54, 1.807) is 18.3 Å². The van der Waals surface area contributed by atoms with E-state index in [2.05, 4.69) is 14.9 Å². The standard InChI is InChI=1S/C20H22N4O2/c1-15-10-18(25)16-4-2-3-5-17(16)24(15)11-19(26)22-12-20(6-7-20)13-23-9-8-21-14-23/h2-5,8-10,14H,6-7,11-13H2,1H3,(H,22,26). The number of aromatic nitrogens is 3. The van der Waals surface area contributed by atoms with Gasteiger partial charge in [0.05, 0.1) is 11.8 Å². The summed E-state index contributed by atoms with van der Waals surface area (Å²) in [5, 5.41) is 3.72. The zero-order valence-electron chi connectivity index (χ0n) is 14.8. The van der Waals surface area contributed by atoms with Gasteiger partial charge in [-0.3, -0.25) is 9.59 Å². The number of fused-ring (bicyclic) bond motifs is 1. The van der Waals surface area contributed by atoms with Gasteiger partial charge in [0.2, 0.25) is 5.91 Å². The van der Waals surface area contributed by atoms with Crippen molar-refractivity contribution in [3.8, 4) is 0 Å². The van der Waals surface area contributed by atoms with Crippen molar-refractivity contribution in [2.45, 2.75) is 32.9 Å². The summed E-state index contributed by atoms with van der Waals surface area (Å²) >= 11 is 0. The van der Waals surface area contributed by atoms with Gasteiger partial charge in [-0.1, -0.05) is 12.1 Å². The van der Waals surface area contributed by atoms with Crippen molar-refractivity contribution in [3.63, 3.8) is 0 Å². The molecule has 1 fully saturated rings. The number of carbonyl (C=O) groups is 1. The maximum atomic E-state index is 12.5. The molecule has 4 rings (SSSR count). The van der Waals surface area contributed by atoms with E-state index in [4.69, 9.17) is 0 Å². The molecule has 0 spiro atoms. The van der Waals surface area contributed by atoms with Crippen LogP contribution in [0.3, 0.4) is 0 Å². The molecule has 0 radical (unpaired) electrons. The summed E-state index contributed by atoms with van der Waals surface area (Å²) in [5.41, 5.74) is 1.74. The first-order valence-electron chi connectivity index (χ1n) is 8.88. The van der Waals surface area contributed by atoms with Crippen LogP contribution < -0.4 is 10.7 Å². The molecule has 1 amide bonds. The molecule has 1 aliphatic rings. The fourth-order valence-corrected chi connectivity index (χ4v) is 3.48. The van der Waals surface area contributed by atoms with Crippen LogP contribution in [0, 0.1) is 12.3 Å². The van der Waals surface area contributed by atoms with Crippen LogP contribution in [0.2, 0.25) is 0 Å². The number of nitrogens with zero attached hydrogens (tertiary/aromatic N) is 3. The summed E-state index contributed by atoms with van der Waals surface area (Å²) in [4.78, 5) is 28.8. The molecule has 0 aliphatic heterocycles. The highest BCUT2D eigenvalue weighted by atomic mass is 16.2. The van der Waals surface area contributed by atoms with Crippen molar-refractivity contribution in [1.82, 2.24) is 19.4 Å². The first-order chi connectivity index (χ1) is 12.6. The van der Waals surface area contributed by atoms with Gasteiger partial charge in [0, 0.05) is 48.0 Å². The largest absolute Gasteiger partial charge is 0.354 e. The molecule has 0 unspecified atom stereocenters. The molecular weight excluding hydrogens is 328 g/mol. The molecule has 1 aromatic carbocycles. The van der Waals surface area contributed by atoms with Gasteiger partial charge in [-0.05, 0) is 31.9 Å². The number of hydrogen-bond acceptors (Lipinski definition) is 3. The quantitative estimate of drug-likeness (QED) is 0.740. The van der Waals surface area contributed by atoms with Crippen LogP contribution in [-0.2, 0) is 17.9 Å². The predicted octanol–water partition coefficient (Wildman–Crippen LogP) is 2.10. The molecule has 1 N–H and O–H groups in total. The van der Waals surface area contributed by atoms with E-state index in [-0.39, 0.29) is 23.3 Å². The lowest BCUT2D eigenvalue weighted by Crippen LogP contribution is -2.35. The zero-order chi connectivity index (χ0) is 18.1. The second-order valence-corrected chi connectivity index (χ2v) is 7.27. The van der Waals surface area contributed by atoms with Crippen LogP contribution in [0.5, 0.6) is 0 Å². The number of nitrogens with one attached hydrogen (secondary N) is 1. The lowest BCUT2D eigenvalue weighted by molar-refractivity contribution is -0.121. The summed E-state index contributed by atoms with van der Waals surface area (Å²) in [6.45, 7) is 3.63. The first kappa shape index (κ1) is 16.6. The Labute approximate surface area is 151 Å². The van der Waals surface area contributed by atoms with Crippen LogP contribution in [0.15, 0.2) is 53.8 Å². The zero-order valence-corrected chi connectivity index (χ0v) is 14.8. The van der Waals surface area contributed by atoms with Gasteiger partial charge in [-0.2, -0.15) is 0 Å². The van der Waals surface area contributed by atoms with Crippen molar-refractivity contribution in [2.24, 2.45) is 5.41 Å². The van der Waals surface area contributed by atoms with Gasteiger partial charge in [0.1, 0.15) is 6.54 Å². The normalized spacial score (nSPS) is 15.1. The predicted molar refractivity (Wildman–Crippen MR) is 99.8 cm³/mol. The van der Waals surface area contributed by atoms with Gasteiger partial charge in [-0.25, -0.2) is 4.98 Å². The number of benzene rings is 1. The monoisotopic (exact) mass is 350 g/mol. The number of aryl methyl sites for hydroxylation is 1. The van der Waals surface area contributed by atoms with Gasteiger partial charge >= 0.3 is 0 Å². The Balaban J connectivity index is 1.46. The van der Waals surface area contributed by atoms with Crippen LogP contribution in [0.25, 0.3) is 10.9 Å². The second-order valence-electron chi connectivity index (χ2n) is 7.27. The fourth-order valence-electron chi connectivity index (χ4n) is 3.48. The van der Waals surface area contributed by atoms with E-state index in [9.17, 15) is 9.59 Å². The molecule has 1 aliphatic carbocycles. The first-order valence-corrected chi connectivity index (χ1v) is 8.88. The topological polar surface area (TPSA) is 68.9 Å². The highest BCUT2D eigenvalue weighted by Crippen LogP contribution is 2.46. The van der Waals surface area contributed by atoms with Gasteiger partial charge in [0.15, 0.2) is 5.43 Å². The van der Waals surface area contributed by atoms with E-state index in [1.807, 2.05) is 42.2 Å². The number of hydrogen-bond donors (Lipinski definition) is 1. The molecule has 3 aromatic rings. The molecule has 6 heteroatoms. The Morgan fingerprint density at radius 3 is 2.85 bits per heavy atom. The highest BCUT2D eigenvalue weighted by Gasteiger charge is 2.42. The number of imidazole rings is 1. The molecule has 6 nitrogen and oxygen atoms in total. The van der Waals surface area contributed by atoms with Crippen LogP contribution in [-0.4, -0.2) is 26.6 Å². The maximum Gasteiger partial charge on any atom is 0.239 e. The van der Waals surface area contributed by atoms with Crippen LogP contribution in [0.1, 0.15) is 18.5 Å². The lowest BCUT2D eigenvalue weighted by atomic mass is 10.1. The number of amides is 1. The van der Waals surface area contributed by atoms with Crippen molar-refractivity contribution < 1.29 is 4.79 Å². The maximum absolute atomic E-state index is 12.5. The number of rotatable bonds is 6. The minimum absolute atomic E-state index is 0.00739. The third-order valence-electron chi connectivity index (χ3n) is 5.22. The molecule has 2 aromatic heterocycles. The Kier molecular flexibility index (Phi) is 4.11. The molecule has 1 saturated carbocycles. The summed E-state index contributed by atoms with van der Waals surface area (Å²) in [7, 11) is 0. The lowest BCUT2D eigenvalue weighted by Gasteiger charge is -2.18. The summed E-state index contributed by atoms with van der Waals surface area (Å²) in [5.74, 6) is -0.0289. The third-order valence-corrected chi connectivity index (χ3v) is 5.22. The van der Waals surface area contributed by atoms with E-state index < -0.39 is 0 Å². The molecule has 134 valence electrons. The van der Waals surface area contributed by atoms with Crippen LogP contribution in [0.4, 0.5) is 0 Å². The number of pyridine rings is 1. The van der Waals surface area contributed by atoms with E-state index >= 15 is 0 Å². The fraction of sp³-hybridized carbons (Fsp3) is 0.350. The SMILES string of the molecule is Cc1cc(=O)c2ccccc2n1CC(=O)NCC1(Cn2ccnc2)CC1. The van der Waals surface area contributed by atoms with Crippen molar-refractivity contribution in [3.05, 3.63) is 65.0 Å². The average molecular weight is 350 g/mol. The summed E-state index contributed by atoms with van der Waals surface area (Å²) in [6, 6.07) is 9.02. The third kappa shape index (κ3) is 3.27. The van der Waals surface area contributed by atoms with Crippen molar-refractivity contribution in [2.75, 3.05) is 6.54 Å². The van der Waals surface area contributed by atoms with E-state index in [1.165, 1.54) is 0 Å². The smallest absolute Gasteiger partial charge is 0.239 e. The Morgan fingerprint density at radius 2 is 2.12 bits per heavy atom. The summed E-state index contributed by atoms with van der Waals surface area (Å²) < 4.78 is 3.97. The number of para-hydroxylation sites is 1. The van der Waals surface area contributed by atoms with Gasteiger partial charge < -0.3 is 14.5 Å². The minimum Gasteiger partial charge on any atom is -0.354 e. The highest BCUT2D eigenvalue weighted by molar-refractivity contribution is 5.82. The van der Waals surface area contributed by atoms with E-state index in [0.717, 1.165) is 30.6 Å². The number of carbonyl (C=O) groups excluding carboxylic acids is 1. The van der Waals surface area contributed by atoms with Crippen LogP contribution >= 0.6 is 0 Å². The Hall–Kier alpha value is -2.89. The molecular formula is C20H22N4O2. The van der Waals surface area contributed by atoms with Gasteiger partial charge in [0.25, 0.3) is 0 Å². The summed E-state index contributed by atoms with van der Waals surface area (Å²) in [6.07, 6.45) is 7.78. The second kappa shape index (κ2) is 6.44. The molecule has 2 heterocycles. The van der Waals surface area contributed by atoms with Crippen molar-refractivity contribution in [1.29, 1.82) is 0 Å². The van der Waals surface area contributed by atoms with Crippen molar-refractivity contribution >= 4 is 16.8 Å². The Morgan fingerprint density at radius 1 is 1.31 bits per heavy atom. The molecule has 0 bridgehead atoms. The molecule has 0 atom stereocenters. The van der Waals surface area contributed by atoms with E-state index in [0.29, 0.717) is 11.9 Å². The average Bonchev–Trinajstić information content (AvgIpc) is 3.20. The Bertz CT molecular complexity index is 1000. The van der Waals surface area contributed by atoms with Gasteiger partial charge in [-0.15, -0.1) is 0 Å².